The molecule has 1 fully saturated rings. The summed E-state index contributed by atoms with van der Waals surface area (Å²) in [6.07, 6.45) is 6.27. The van der Waals surface area contributed by atoms with Crippen LogP contribution in [0.2, 0.25) is 0 Å². The number of benzene rings is 1. The Morgan fingerprint density at radius 3 is 2.70 bits per heavy atom. The maximum atomic E-state index is 5.01. The van der Waals surface area contributed by atoms with Gasteiger partial charge in [0.1, 0.15) is 5.52 Å². The van der Waals surface area contributed by atoms with Crippen LogP contribution in [0.15, 0.2) is 36.4 Å². The largest absolute Gasteiger partial charge is 0.233 e. The standard InChI is InChI=1S/C19H22N4/c1-3-19(10-6-7-11-19)17-12-14(2)13-18(20-17)23-16-9-5-4-8-15(16)21-22-23/h4-5,8-9,12-13H,3,6-7,10-11H2,1-2H3. The molecule has 0 saturated heterocycles. The van der Waals surface area contributed by atoms with E-state index in [4.69, 9.17) is 4.98 Å². The second kappa shape index (κ2) is 5.44. The molecule has 23 heavy (non-hydrogen) atoms. The van der Waals surface area contributed by atoms with Gasteiger partial charge in [-0.1, -0.05) is 37.1 Å². The second-order valence-corrected chi connectivity index (χ2v) is 6.72. The SMILES string of the molecule is CCC1(c2cc(C)cc(-n3nnc4ccccc43)n2)CCCC1. The molecule has 118 valence electrons. The Labute approximate surface area is 136 Å². The zero-order valence-electron chi connectivity index (χ0n) is 13.8. The summed E-state index contributed by atoms with van der Waals surface area (Å²) in [4.78, 5) is 5.01. The van der Waals surface area contributed by atoms with Crippen molar-refractivity contribution in [2.24, 2.45) is 0 Å². The molecule has 2 aromatic heterocycles. The summed E-state index contributed by atoms with van der Waals surface area (Å²) in [6.45, 7) is 4.44. The van der Waals surface area contributed by atoms with E-state index in [0.29, 0.717) is 0 Å². The Kier molecular flexibility index (Phi) is 3.40. The van der Waals surface area contributed by atoms with Crippen molar-refractivity contribution < 1.29 is 0 Å². The average molecular weight is 306 g/mol. The predicted molar refractivity (Wildman–Crippen MR) is 91.8 cm³/mol. The van der Waals surface area contributed by atoms with Gasteiger partial charge in [-0.05, 0) is 56.0 Å². The summed E-state index contributed by atoms with van der Waals surface area (Å²) in [6, 6.07) is 12.4. The number of hydrogen-bond acceptors (Lipinski definition) is 3. The lowest BCUT2D eigenvalue weighted by molar-refractivity contribution is 0.411. The second-order valence-electron chi connectivity index (χ2n) is 6.72. The third kappa shape index (κ3) is 2.33. The molecule has 0 unspecified atom stereocenters. The summed E-state index contributed by atoms with van der Waals surface area (Å²) in [5, 5.41) is 8.59. The molecule has 0 aliphatic heterocycles. The van der Waals surface area contributed by atoms with Gasteiger partial charge < -0.3 is 0 Å². The van der Waals surface area contributed by atoms with Crippen molar-refractivity contribution in [2.75, 3.05) is 0 Å². The molecular weight excluding hydrogens is 284 g/mol. The van der Waals surface area contributed by atoms with Gasteiger partial charge >= 0.3 is 0 Å². The Hall–Kier alpha value is -2.23. The van der Waals surface area contributed by atoms with E-state index in [-0.39, 0.29) is 5.41 Å². The molecule has 4 heteroatoms. The molecule has 4 rings (SSSR count). The van der Waals surface area contributed by atoms with Crippen molar-refractivity contribution in [3.05, 3.63) is 47.7 Å². The molecular formula is C19H22N4. The molecule has 0 radical (unpaired) electrons. The van der Waals surface area contributed by atoms with Gasteiger partial charge in [0.2, 0.25) is 0 Å². The molecule has 0 atom stereocenters. The fourth-order valence-electron chi connectivity index (χ4n) is 3.91. The molecule has 3 aromatic rings. The average Bonchev–Trinajstić information content (AvgIpc) is 3.22. The monoisotopic (exact) mass is 306 g/mol. The van der Waals surface area contributed by atoms with E-state index in [2.05, 4.69) is 36.3 Å². The minimum absolute atomic E-state index is 0.247. The third-order valence-electron chi connectivity index (χ3n) is 5.31. The minimum atomic E-state index is 0.247. The number of pyridine rings is 1. The van der Waals surface area contributed by atoms with Gasteiger partial charge in [0, 0.05) is 11.1 Å². The fourth-order valence-corrected chi connectivity index (χ4v) is 3.91. The molecule has 1 saturated carbocycles. The van der Waals surface area contributed by atoms with E-state index in [9.17, 15) is 0 Å². The summed E-state index contributed by atoms with van der Waals surface area (Å²) < 4.78 is 1.87. The van der Waals surface area contributed by atoms with Gasteiger partial charge in [0.05, 0.1) is 5.52 Å². The Morgan fingerprint density at radius 2 is 1.91 bits per heavy atom. The van der Waals surface area contributed by atoms with Crippen molar-refractivity contribution >= 4 is 11.0 Å². The van der Waals surface area contributed by atoms with Gasteiger partial charge in [-0.2, -0.15) is 4.68 Å². The molecule has 1 aliphatic rings. The Balaban J connectivity index is 1.87. The van der Waals surface area contributed by atoms with Gasteiger partial charge in [0.15, 0.2) is 5.82 Å². The van der Waals surface area contributed by atoms with Crippen molar-refractivity contribution in [3.63, 3.8) is 0 Å². The van der Waals surface area contributed by atoms with Gasteiger partial charge in [-0.3, -0.25) is 0 Å². The highest BCUT2D eigenvalue weighted by molar-refractivity contribution is 5.75. The first-order valence-corrected chi connectivity index (χ1v) is 8.52. The molecule has 4 nitrogen and oxygen atoms in total. The number of aromatic nitrogens is 4. The first kappa shape index (κ1) is 14.4. The summed E-state index contributed by atoms with van der Waals surface area (Å²) in [5.41, 5.74) is 4.63. The third-order valence-corrected chi connectivity index (χ3v) is 5.31. The molecule has 1 aromatic carbocycles. The highest BCUT2D eigenvalue weighted by atomic mass is 15.4. The number of fused-ring (bicyclic) bond motifs is 1. The van der Waals surface area contributed by atoms with Crippen LogP contribution in [0.25, 0.3) is 16.9 Å². The first-order chi connectivity index (χ1) is 11.2. The summed E-state index contributed by atoms with van der Waals surface area (Å²) in [5.74, 6) is 0.883. The van der Waals surface area contributed by atoms with Crippen LogP contribution in [0.1, 0.15) is 50.3 Å². The molecule has 0 N–H and O–H groups in total. The van der Waals surface area contributed by atoms with Crippen LogP contribution in [0, 0.1) is 6.92 Å². The lowest BCUT2D eigenvalue weighted by atomic mass is 9.79. The zero-order valence-corrected chi connectivity index (χ0v) is 13.8. The van der Waals surface area contributed by atoms with Crippen molar-refractivity contribution in [1.82, 2.24) is 20.0 Å². The molecule has 2 heterocycles. The maximum Gasteiger partial charge on any atom is 0.156 e. The fraction of sp³-hybridized carbons (Fsp3) is 0.421. The van der Waals surface area contributed by atoms with Crippen LogP contribution in [-0.2, 0) is 5.41 Å². The van der Waals surface area contributed by atoms with E-state index in [0.717, 1.165) is 23.3 Å². The van der Waals surface area contributed by atoms with E-state index < -0.39 is 0 Å². The molecule has 1 aliphatic carbocycles. The zero-order chi connectivity index (χ0) is 15.9. The number of para-hydroxylation sites is 1. The van der Waals surface area contributed by atoms with E-state index >= 15 is 0 Å². The van der Waals surface area contributed by atoms with Crippen LogP contribution in [0.5, 0.6) is 0 Å². The van der Waals surface area contributed by atoms with E-state index in [1.165, 1.54) is 36.9 Å². The number of hydrogen-bond donors (Lipinski definition) is 0. The van der Waals surface area contributed by atoms with Crippen molar-refractivity contribution in [1.29, 1.82) is 0 Å². The van der Waals surface area contributed by atoms with E-state index in [1.807, 2.05) is 28.9 Å². The predicted octanol–water partition coefficient (Wildman–Crippen LogP) is 4.35. The maximum absolute atomic E-state index is 5.01. The number of aryl methyl sites for hydroxylation is 1. The highest BCUT2D eigenvalue weighted by Crippen LogP contribution is 2.43. The van der Waals surface area contributed by atoms with Crippen LogP contribution < -0.4 is 0 Å². The smallest absolute Gasteiger partial charge is 0.156 e. The van der Waals surface area contributed by atoms with E-state index in [1.54, 1.807) is 0 Å². The normalized spacial score (nSPS) is 17.0. The number of rotatable bonds is 3. The first-order valence-electron chi connectivity index (χ1n) is 8.52. The van der Waals surface area contributed by atoms with Gasteiger partial charge in [-0.25, -0.2) is 4.98 Å². The topological polar surface area (TPSA) is 43.6 Å². The molecule has 0 spiro atoms. The summed E-state index contributed by atoms with van der Waals surface area (Å²) >= 11 is 0. The van der Waals surface area contributed by atoms with Crippen LogP contribution in [0.3, 0.4) is 0 Å². The Bertz CT molecular complexity index is 843. The van der Waals surface area contributed by atoms with Crippen molar-refractivity contribution in [3.8, 4) is 5.82 Å². The lowest BCUT2D eigenvalue weighted by Crippen LogP contribution is -2.23. The van der Waals surface area contributed by atoms with Crippen LogP contribution >= 0.6 is 0 Å². The Morgan fingerprint density at radius 1 is 1.13 bits per heavy atom. The quantitative estimate of drug-likeness (QED) is 0.722. The van der Waals surface area contributed by atoms with Crippen LogP contribution in [0.4, 0.5) is 0 Å². The molecule has 0 amide bonds. The van der Waals surface area contributed by atoms with Crippen molar-refractivity contribution in [2.45, 2.75) is 51.4 Å². The summed E-state index contributed by atoms with van der Waals surface area (Å²) in [7, 11) is 0. The van der Waals surface area contributed by atoms with Gasteiger partial charge in [0.25, 0.3) is 0 Å². The minimum Gasteiger partial charge on any atom is -0.233 e. The highest BCUT2D eigenvalue weighted by Gasteiger charge is 2.35. The van der Waals surface area contributed by atoms with Crippen LogP contribution in [-0.4, -0.2) is 20.0 Å². The number of nitrogens with zero attached hydrogens (tertiary/aromatic N) is 4. The molecule has 0 bridgehead atoms. The van der Waals surface area contributed by atoms with Gasteiger partial charge in [-0.15, -0.1) is 5.10 Å². The lowest BCUT2D eigenvalue weighted by Gasteiger charge is -2.27.